The Morgan fingerprint density at radius 1 is 1.04 bits per heavy atom. The van der Waals surface area contributed by atoms with E-state index in [2.05, 4.69) is 5.32 Å². The number of esters is 2. The molecule has 12 atom stereocenters. The molecule has 0 radical (unpaired) electrons. The van der Waals surface area contributed by atoms with Gasteiger partial charge in [0.05, 0.1) is 31.0 Å². The van der Waals surface area contributed by atoms with Crippen LogP contribution in [-0.4, -0.2) is 121 Å². The average Bonchev–Trinajstić information content (AvgIpc) is 2.93. The smallest absolute Gasteiger partial charge is 0.407 e. The molecule has 4 aliphatic rings. The van der Waals surface area contributed by atoms with E-state index in [1.165, 1.54) is 6.92 Å². The van der Waals surface area contributed by atoms with Crippen molar-refractivity contribution >= 4 is 18.0 Å². The van der Waals surface area contributed by atoms with Crippen molar-refractivity contribution < 1.29 is 64.0 Å². The van der Waals surface area contributed by atoms with Gasteiger partial charge in [0.15, 0.2) is 12.2 Å². The number of hydrogen-bond donors (Lipinski definition) is 7. The van der Waals surface area contributed by atoms with Gasteiger partial charge in [-0.25, -0.2) is 9.59 Å². The van der Waals surface area contributed by atoms with Crippen LogP contribution >= 0.6 is 0 Å². The summed E-state index contributed by atoms with van der Waals surface area (Å²) in [5.74, 6) is -3.37. The van der Waals surface area contributed by atoms with E-state index in [0.717, 1.165) is 6.92 Å². The Hall–Kier alpha value is -2.33. The highest BCUT2D eigenvalue weighted by Gasteiger charge is 2.75. The van der Waals surface area contributed by atoms with Crippen molar-refractivity contribution in [1.29, 1.82) is 0 Å². The fraction of sp³-hybridized carbons (Fsp3) is 0.853. The van der Waals surface area contributed by atoms with E-state index in [-0.39, 0.29) is 30.9 Å². The van der Waals surface area contributed by atoms with E-state index in [0.29, 0.717) is 5.57 Å². The van der Waals surface area contributed by atoms with Crippen LogP contribution in [0, 0.1) is 22.7 Å². The number of nitrogens with one attached hydrogen (secondary N) is 1. The van der Waals surface area contributed by atoms with Gasteiger partial charge < -0.3 is 54.9 Å². The summed E-state index contributed by atoms with van der Waals surface area (Å²) in [7, 11) is 0. The van der Waals surface area contributed by atoms with Crippen molar-refractivity contribution in [3.05, 3.63) is 11.1 Å². The zero-order valence-electron chi connectivity index (χ0n) is 29.6. The first-order valence-corrected chi connectivity index (χ1v) is 16.7. The van der Waals surface area contributed by atoms with Crippen LogP contribution in [0.4, 0.5) is 4.79 Å². The van der Waals surface area contributed by atoms with Crippen LogP contribution in [0.25, 0.3) is 0 Å². The summed E-state index contributed by atoms with van der Waals surface area (Å²) in [5, 5.41) is 74.0. The van der Waals surface area contributed by atoms with E-state index in [1.807, 2.05) is 13.8 Å². The molecule has 1 amide bonds. The van der Waals surface area contributed by atoms with Gasteiger partial charge in [0.25, 0.3) is 0 Å². The number of carbonyl (C=O) groups is 3. The van der Waals surface area contributed by atoms with Gasteiger partial charge >= 0.3 is 18.0 Å². The number of alkyl carbamates (subject to hydrolysis) is 1. The van der Waals surface area contributed by atoms with Crippen LogP contribution in [0.1, 0.15) is 88.5 Å². The number of hydrogen-bond acceptors (Lipinski definition) is 13. The molecule has 274 valence electrons. The summed E-state index contributed by atoms with van der Waals surface area (Å²) in [6, 6.07) is -1.11. The molecule has 48 heavy (non-hydrogen) atoms. The molecule has 4 rings (SSSR count). The van der Waals surface area contributed by atoms with Crippen molar-refractivity contribution in [2.24, 2.45) is 22.7 Å². The van der Waals surface area contributed by atoms with E-state index < -0.39 is 107 Å². The first kappa shape index (κ1) is 38.5. The second-order valence-corrected chi connectivity index (χ2v) is 16.4. The van der Waals surface area contributed by atoms with Gasteiger partial charge in [0.1, 0.15) is 29.0 Å². The minimum Gasteiger partial charge on any atom is -0.456 e. The third-order valence-electron chi connectivity index (χ3n) is 11.2. The number of ether oxygens (including phenoxy) is 4. The summed E-state index contributed by atoms with van der Waals surface area (Å²) in [5.41, 5.74) is -7.54. The van der Waals surface area contributed by atoms with Crippen LogP contribution in [0.2, 0.25) is 0 Å². The summed E-state index contributed by atoms with van der Waals surface area (Å²) in [4.78, 5) is 38.7. The van der Waals surface area contributed by atoms with Crippen molar-refractivity contribution in [3.63, 3.8) is 0 Å². The molecule has 1 saturated heterocycles. The Labute approximate surface area is 281 Å². The Kier molecular flexibility index (Phi) is 10.2. The van der Waals surface area contributed by atoms with Crippen LogP contribution < -0.4 is 5.32 Å². The Morgan fingerprint density at radius 2 is 1.65 bits per heavy atom. The van der Waals surface area contributed by atoms with E-state index in [9.17, 15) is 45.0 Å². The molecule has 3 fully saturated rings. The van der Waals surface area contributed by atoms with E-state index in [4.69, 9.17) is 18.9 Å². The van der Waals surface area contributed by atoms with Gasteiger partial charge in [-0.05, 0) is 51.2 Å². The highest BCUT2D eigenvalue weighted by molar-refractivity contribution is 5.77. The van der Waals surface area contributed by atoms with Crippen LogP contribution in [0.5, 0.6) is 0 Å². The van der Waals surface area contributed by atoms with Gasteiger partial charge in [-0.15, -0.1) is 0 Å². The van der Waals surface area contributed by atoms with Gasteiger partial charge in [0, 0.05) is 36.5 Å². The van der Waals surface area contributed by atoms with Gasteiger partial charge in [-0.1, -0.05) is 34.6 Å². The normalized spacial score (nSPS) is 40.2. The lowest BCUT2D eigenvalue weighted by molar-refractivity contribution is -0.364. The molecular weight excluding hydrogens is 630 g/mol. The Morgan fingerprint density at radius 3 is 2.15 bits per heavy atom. The maximum absolute atomic E-state index is 13.6. The second kappa shape index (κ2) is 12.8. The van der Waals surface area contributed by atoms with Gasteiger partial charge in [-0.3, -0.25) is 4.79 Å². The maximum Gasteiger partial charge on any atom is 0.407 e. The molecule has 0 aromatic heterocycles. The van der Waals surface area contributed by atoms with E-state index >= 15 is 0 Å². The molecule has 2 saturated carbocycles. The highest BCUT2D eigenvalue weighted by atomic mass is 16.6. The average molecular weight is 686 g/mol. The zero-order chi connectivity index (χ0) is 36.5. The lowest BCUT2D eigenvalue weighted by atomic mass is 9.44. The van der Waals surface area contributed by atoms with Crippen LogP contribution in [0.3, 0.4) is 0 Å². The number of aliphatic hydroxyl groups excluding tert-OH is 4. The zero-order valence-corrected chi connectivity index (χ0v) is 29.6. The lowest BCUT2D eigenvalue weighted by Crippen LogP contribution is -2.81. The molecule has 0 aromatic carbocycles. The molecule has 3 aliphatic carbocycles. The summed E-state index contributed by atoms with van der Waals surface area (Å²) >= 11 is 0. The topological polar surface area (TPSA) is 222 Å². The fourth-order valence-corrected chi connectivity index (χ4v) is 8.59. The fourth-order valence-electron chi connectivity index (χ4n) is 8.59. The predicted molar refractivity (Wildman–Crippen MR) is 169 cm³/mol. The Bertz CT molecular complexity index is 1310. The monoisotopic (exact) mass is 685 g/mol. The number of amides is 1. The summed E-state index contributed by atoms with van der Waals surface area (Å²) < 4.78 is 22.4. The number of carbonyl (C=O) groups excluding carboxylic acids is 3. The van der Waals surface area contributed by atoms with Crippen LogP contribution in [-0.2, 0) is 28.5 Å². The van der Waals surface area contributed by atoms with E-state index in [1.54, 1.807) is 41.5 Å². The molecule has 0 aromatic rings. The highest BCUT2D eigenvalue weighted by Crippen LogP contribution is 2.63. The largest absolute Gasteiger partial charge is 0.456 e. The molecule has 14 heteroatoms. The van der Waals surface area contributed by atoms with Gasteiger partial charge in [0.2, 0.25) is 0 Å². The van der Waals surface area contributed by atoms with Crippen LogP contribution in [0.15, 0.2) is 11.1 Å². The molecule has 14 nitrogen and oxygen atoms in total. The molecule has 1 aliphatic heterocycles. The molecule has 2 bridgehead atoms. The Balaban J connectivity index is 1.80. The quantitative estimate of drug-likeness (QED) is 0.112. The first-order valence-electron chi connectivity index (χ1n) is 16.7. The van der Waals surface area contributed by atoms with Crippen molar-refractivity contribution in [1.82, 2.24) is 5.32 Å². The first-order chi connectivity index (χ1) is 21.8. The second-order valence-electron chi connectivity index (χ2n) is 16.4. The minimum absolute atomic E-state index is 0.0644. The number of fused-ring (bicyclic) bond motifs is 5. The third kappa shape index (κ3) is 6.26. The summed E-state index contributed by atoms with van der Waals surface area (Å²) in [6.45, 7) is 15.8. The maximum atomic E-state index is 13.6. The molecular formula is C34H55NO13. The number of aliphatic hydroxyl groups is 6. The van der Waals surface area contributed by atoms with Gasteiger partial charge in [-0.2, -0.15) is 0 Å². The molecule has 0 spiro atoms. The van der Waals surface area contributed by atoms with Crippen molar-refractivity contribution in [2.45, 2.75) is 154 Å². The van der Waals surface area contributed by atoms with Crippen molar-refractivity contribution in [3.8, 4) is 0 Å². The summed E-state index contributed by atoms with van der Waals surface area (Å²) in [6.07, 6.45) is -11.6. The standard InChI is InChI=1S/C34H55NO13/c1-15(2)11-18(35-29(42)48-30(5,6)7)23(38)28(41)47-19-13-34(44)27(40)25-32(10,20(37)12-21-33(25,43)14-45-21)26(39)24(46-17(4)36)22(16(19)3)31(34,8)9/h15,18-21,23-27,37-40,43-44H,11-14H2,1-10H3,(H,35,42)/t18-,19-,20?,21?,23?,24-,25-,26-,27-,32?,33-,34?/m0/s1. The van der Waals surface area contributed by atoms with Crippen molar-refractivity contribution in [2.75, 3.05) is 6.61 Å². The molecule has 5 unspecified atom stereocenters. The molecule has 7 N–H and O–H groups in total. The number of rotatable bonds is 7. The predicted octanol–water partition coefficient (Wildman–Crippen LogP) is 0.860. The third-order valence-corrected chi connectivity index (χ3v) is 11.2. The SMILES string of the molecule is CC(=O)O[C@H]1C2=C(C)[C@@H](OC(=O)C(O)[C@H](CC(C)C)NC(=O)OC(C)(C)C)CC(O)([C@@H](O)[C@H]3C(C)(C(O)CC4OC[C@]43O)[C@H]1O)C2(C)C. The molecule has 1 heterocycles. The lowest BCUT2D eigenvalue weighted by Gasteiger charge is -2.68. The minimum atomic E-state index is -2.21.